The highest BCUT2D eigenvalue weighted by Gasteiger charge is 2.35. The third kappa shape index (κ3) is 4.98. The van der Waals surface area contributed by atoms with E-state index < -0.39 is 29.6 Å². The van der Waals surface area contributed by atoms with Crippen molar-refractivity contribution in [1.29, 1.82) is 0 Å². The first-order chi connectivity index (χ1) is 11.1. The molecule has 2 amide bonds. The van der Waals surface area contributed by atoms with E-state index in [-0.39, 0.29) is 6.61 Å². The minimum absolute atomic E-state index is 0.239. The lowest BCUT2D eigenvalue weighted by Gasteiger charge is -2.27. The Kier molecular flexibility index (Phi) is 5.96. The molecule has 1 aromatic rings. The lowest BCUT2D eigenvalue weighted by Crippen LogP contribution is -2.49. The molecule has 0 saturated heterocycles. The van der Waals surface area contributed by atoms with E-state index in [4.69, 9.17) is 9.84 Å². The highest BCUT2D eigenvalue weighted by atomic mass is 16.5. The molecule has 0 aliphatic heterocycles. The fourth-order valence-corrected chi connectivity index (χ4v) is 2.67. The van der Waals surface area contributed by atoms with Crippen molar-refractivity contribution in [3.63, 3.8) is 0 Å². The van der Waals surface area contributed by atoms with Gasteiger partial charge < -0.3 is 9.84 Å². The molecular weight excluding hydrogens is 300 g/mol. The first-order valence-electron chi connectivity index (χ1n) is 7.57. The van der Waals surface area contributed by atoms with E-state index in [1.807, 2.05) is 6.07 Å². The minimum atomic E-state index is -0.969. The SMILES string of the molecule is O=C(COc1ccccc1)NNC(=O)[C@@H]1CCCC[C@@H]1C(=O)O. The van der Waals surface area contributed by atoms with E-state index in [0.29, 0.717) is 18.6 Å². The molecule has 2 rings (SSSR count). The zero-order chi connectivity index (χ0) is 16.7. The molecule has 1 aromatic carbocycles. The van der Waals surface area contributed by atoms with Gasteiger partial charge in [0.05, 0.1) is 11.8 Å². The number of hydrazine groups is 1. The highest BCUT2D eigenvalue weighted by Crippen LogP contribution is 2.30. The van der Waals surface area contributed by atoms with Gasteiger partial charge >= 0.3 is 5.97 Å². The summed E-state index contributed by atoms with van der Waals surface area (Å²) < 4.78 is 5.25. The Morgan fingerprint density at radius 2 is 1.70 bits per heavy atom. The van der Waals surface area contributed by atoms with Crippen LogP contribution in [0.4, 0.5) is 0 Å². The van der Waals surface area contributed by atoms with E-state index in [1.54, 1.807) is 24.3 Å². The van der Waals surface area contributed by atoms with E-state index >= 15 is 0 Å². The highest BCUT2D eigenvalue weighted by molar-refractivity contribution is 5.87. The molecular formula is C16H20N2O5. The topological polar surface area (TPSA) is 105 Å². The third-order valence-electron chi connectivity index (χ3n) is 3.86. The number of carboxylic acid groups (broad SMARTS) is 1. The van der Waals surface area contributed by atoms with Crippen LogP contribution >= 0.6 is 0 Å². The number of carboxylic acids is 1. The summed E-state index contributed by atoms with van der Waals surface area (Å²) in [6.45, 7) is -0.239. The number of aliphatic carboxylic acids is 1. The van der Waals surface area contributed by atoms with Gasteiger partial charge in [0.1, 0.15) is 5.75 Å². The van der Waals surface area contributed by atoms with Gasteiger partial charge in [-0.3, -0.25) is 25.2 Å². The van der Waals surface area contributed by atoms with Crippen LogP contribution in [0.25, 0.3) is 0 Å². The first-order valence-corrected chi connectivity index (χ1v) is 7.57. The molecule has 1 aliphatic rings. The molecule has 0 heterocycles. The monoisotopic (exact) mass is 320 g/mol. The van der Waals surface area contributed by atoms with Crippen LogP contribution in [-0.2, 0) is 14.4 Å². The van der Waals surface area contributed by atoms with Crippen LogP contribution in [0.3, 0.4) is 0 Å². The van der Waals surface area contributed by atoms with Crippen LogP contribution in [-0.4, -0.2) is 29.5 Å². The summed E-state index contributed by atoms with van der Waals surface area (Å²) in [5, 5.41) is 9.16. The summed E-state index contributed by atoms with van der Waals surface area (Å²) in [4.78, 5) is 34.9. The summed E-state index contributed by atoms with van der Waals surface area (Å²) >= 11 is 0. The molecule has 23 heavy (non-hydrogen) atoms. The molecule has 1 aliphatic carbocycles. The molecule has 3 N–H and O–H groups in total. The Bertz CT molecular complexity index is 561. The maximum Gasteiger partial charge on any atom is 0.307 e. The van der Waals surface area contributed by atoms with Crippen LogP contribution in [0.1, 0.15) is 25.7 Å². The fourth-order valence-electron chi connectivity index (χ4n) is 2.67. The predicted octanol–water partition coefficient (Wildman–Crippen LogP) is 1.10. The fraction of sp³-hybridized carbons (Fsp3) is 0.438. The van der Waals surface area contributed by atoms with Crippen molar-refractivity contribution in [2.75, 3.05) is 6.61 Å². The number of hydrogen-bond donors (Lipinski definition) is 3. The lowest BCUT2D eigenvalue weighted by atomic mass is 9.79. The molecule has 7 nitrogen and oxygen atoms in total. The van der Waals surface area contributed by atoms with Gasteiger partial charge in [-0.1, -0.05) is 31.0 Å². The molecule has 0 unspecified atom stereocenters. The molecule has 124 valence electrons. The van der Waals surface area contributed by atoms with Gasteiger partial charge in [0.15, 0.2) is 6.61 Å². The number of carbonyl (C=O) groups excluding carboxylic acids is 2. The van der Waals surface area contributed by atoms with Crippen molar-refractivity contribution in [3.05, 3.63) is 30.3 Å². The number of nitrogens with one attached hydrogen (secondary N) is 2. The number of benzene rings is 1. The molecule has 0 radical (unpaired) electrons. The number of para-hydroxylation sites is 1. The number of hydrogen-bond acceptors (Lipinski definition) is 4. The molecule has 1 fully saturated rings. The zero-order valence-electron chi connectivity index (χ0n) is 12.7. The van der Waals surface area contributed by atoms with Crippen molar-refractivity contribution >= 4 is 17.8 Å². The largest absolute Gasteiger partial charge is 0.484 e. The summed E-state index contributed by atoms with van der Waals surface area (Å²) in [7, 11) is 0. The van der Waals surface area contributed by atoms with Gasteiger partial charge in [0.25, 0.3) is 5.91 Å². The maximum absolute atomic E-state index is 12.1. The second kappa shape index (κ2) is 8.17. The van der Waals surface area contributed by atoms with E-state index in [1.165, 1.54) is 0 Å². The van der Waals surface area contributed by atoms with Crippen LogP contribution < -0.4 is 15.6 Å². The van der Waals surface area contributed by atoms with Crippen molar-refractivity contribution in [1.82, 2.24) is 10.9 Å². The Morgan fingerprint density at radius 1 is 1.04 bits per heavy atom. The van der Waals surface area contributed by atoms with Crippen LogP contribution in [0, 0.1) is 11.8 Å². The minimum Gasteiger partial charge on any atom is -0.484 e. The molecule has 0 spiro atoms. The Balaban J connectivity index is 1.76. The van der Waals surface area contributed by atoms with Gasteiger partial charge in [-0.2, -0.15) is 0 Å². The summed E-state index contributed by atoms with van der Waals surface area (Å²) in [5.41, 5.74) is 4.54. The summed E-state index contributed by atoms with van der Waals surface area (Å²) in [5.74, 6) is -2.70. The summed E-state index contributed by atoms with van der Waals surface area (Å²) in [6.07, 6.45) is 2.61. The predicted molar refractivity (Wildman–Crippen MR) is 81.3 cm³/mol. The van der Waals surface area contributed by atoms with Crippen molar-refractivity contribution in [2.24, 2.45) is 11.8 Å². The second-order valence-corrected chi connectivity index (χ2v) is 5.47. The summed E-state index contributed by atoms with van der Waals surface area (Å²) in [6, 6.07) is 8.82. The second-order valence-electron chi connectivity index (χ2n) is 5.47. The molecule has 2 atom stereocenters. The van der Waals surface area contributed by atoms with Crippen LogP contribution in [0.5, 0.6) is 5.75 Å². The van der Waals surface area contributed by atoms with Gasteiger partial charge in [0.2, 0.25) is 5.91 Å². The molecule has 0 bridgehead atoms. The number of ether oxygens (including phenoxy) is 1. The van der Waals surface area contributed by atoms with Crippen molar-refractivity contribution in [2.45, 2.75) is 25.7 Å². The number of rotatable bonds is 5. The smallest absolute Gasteiger partial charge is 0.307 e. The quantitative estimate of drug-likeness (QED) is 0.705. The Labute approximate surface area is 134 Å². The van der Waals surface area contributed by atoms with Gasteiger partial charge in [-0.15, -0.1) is 0 Å². The van der Waals surface area contributed by atoms with Gasteiger partial charge in [-0.05, 0) is 25.0 Å². The standard InChI is InChI=1S/C16H20N2O5/c19-14(10-23-11-6-2-1-3-7-11)17-18-15(20)12-8-4-5-9-13(12)16(21)22/h1-3,6-7,12-13H,4-5,8-10H2,(H,17,19)(H,18,20)(H,21,22)/t12-,13+/m1/s1. The maximum atomic E-state index is 12.1. The van der Waals surface area contributed by atoms with E-state index in [9.17, 15) is 14.4 Å². The van der Waals surface area contributed by atoms with Gasteiger partial charge in [-0.25, -0.2) is 0 Å². The average Bonchev–Trinajstić information content (AvgIpc) is 2.58. The van der Waals surface area contributed by atoms with Crippen LogP contribution in [0.15, 0.2) is 30.3 Å². The zero-order valence-corrected chi connectivity index (χ0v) is 12.7. The van der Waals surface area contributed by atoms with Crippen molar-refractivity contribution in [3.8, 4) is 5.75 Å². The van der Waals surface area contributed by atoms with E-state index in [2.05, 4.69) is 10.9 Å². The lowest BCUT2D eigenvalue weighted by molar-refractivity contribution is -0.149. The average molecular weight is 320 g/mol. The van der Waals surface area contributed by atoms with E-state index in [0.717, 1.165) is 12.8 Å². The number of amides is 2. The van der Waals surface area contributed by atoms with Crippen LogP contribution in [0.2, 0.25) is 0 Å². The van der Waals surface area contributed by atoms with Crippen molar-refractivity contribution < 1.29 is 24.2 Å². The Hall–Kier alpha value is -2.57. The molecule has 1 saturated carbocycles. The molecule has 7 heteroatoms. The Morgan fingerprint density at radius 3 is 2.35 bits per heavy atom. The molecule has 0 aromatic heterocycles. The van der Waals surface area contributed by atoms with Gasteiger partial charge in [0, 0.05) is 0 Å². The third-order valence-corrected chi connectivity index (χ3v) is 3.86. The first kappa shape index (κ1) is 16.8. The normalized spacial score (nSPS) is 20.3. The number of carbonyl (C=O) groups is 3.